The Kier molecular flexibility index (Phi) is 2.71. The lowest BCUT2D eigenvalue weighted by Gasteiger charge is -2.02. The predicted molar refractivity (Wildman–Crippen MR) is 68.0 cm³/mol. The van der Waals surface area contributed by atoms with E-state index in [-0.39, 0.29) is 11.4 Å². The van der Waals surface area contributed by atoms with Gasteiger partial charge in [0.25, 0.3) is 11.4 Å². The van der Waals surface area contributed by atoms with Gasteiger partial charge in [-0.15, -0.1) is 10.2 Å². The van der Waals surface area contributed by atoms with Crippen LogP contribution in [0.3, 0.4) is 0 Å². The molecule has 2 aromatic heterocycles. The van der Waals surface area contributed by atoms with E-state index >= 15 is 0 Å². The second-order valence-corrected chi connectivity index (χ2v) is 3.99. The molecule has 96 valence electrons. The average molecular weight is 257 g/mol. The zero-order valence-electron chi connectivity index (χ0n) is 10.2. The summed E-state index contributed by atoms with van der Waals surface area (Å²) in [5.74, 6) is 0.270. The van der Waals surface area contributed by atoms with E-state index < -0.39 is 0 Å². The van der Waals surface area contributed by atoms with Crippen LogP contribution in [0, 0.1) is 0 Å². The van der Waals surface area contributed by atoms with Gasteiger partial charge in [-0.25, -0.2) is 4.68 Å². The van der Waals surface area contributed by atoms with Crippen molar-refractivity contribution in [2.75, 3.05) is 7.11 Å². The number of nitrogens with zero attached hydrogens (tertiary/aromatic N) is 4. The first kappa shape index (κ1) is 11.4. The molecular weight excluding hydrogens is 246 g/mol. The van der Waals surface area contributed by atoms with Crippen molar-refractivity contribution in [1.29, 1.82) is 0 Å². The summed E-state index contributed by atoms with van der Waals surface area (Å²) in [7, 11) is 1.47. The number of hydrogen-bond acceptors (Lipinski definition) is 5. The molecule has 0 saturated carbocycles. The number of methoxy groups -OCH3 is 1. The molecule has 0 amide bonds. The highest BCUT2D eigenvalue weighted by Crippen LogP contribution is 2.15. The van der Waals surface area contributed by atoms with E-state index in [1.807, 2.05) is 30.3 Å². The van der Waals surface area contributed by atoms with Crippen LogP contribution in [-0.2, 0) is 6.54 Å². The molecule has 0 spiro atoms. The lowest BCUT2D eigenvalue weighted by molar-refractivity contribution is 0.399. The van der Waals surface area contributed by atoms with Crippen LogP contribution in [0.5, 0.6) is 5.88 Å². The number of benzene rings is 1. The van der Waals surface area contributed by atoms with Gasteiger partial charge in [-0.3, -0.25) is 9.89 Å². The van der Waals surface area contributed by atoms with Crippen LogP contribution >= 0.6 is 0 Å². The quantitative estimate of drug-likeness (QED) is 0.741. The van der Waals surface area contributed by atoms with Crippen LogP contribution in [0.1, 0.15) is 5.56 Å². The number of rotatable bonds is 3. The number of aromatic nitrogens is 5. The molecule has 1 N–H and O–H groups in total. The van der Waals surface area contributed by atoms with Gasteiger partial charge in [0, 0.05) is 0 Å². The Morgan fingerprint density at radius 2 is 2.11 bits per heavy atom. The molecule has 1 aromatic carbocycles. The Hall–Kier alpha value is -2.70. The zero-order chi connectivity index (χ0) is 13.2. The van der Waals surface area contributed by atoms with Gasteiger partial charge in [0.2, 0.25) is 0 Å². The maximum Gasteiger partial charge on any atom is 0.296 e. The van der Waals surface area contributed by atoms with E-state index in [1.54, 1.807) is 0 Å². The molecule has 0 radical (unpaired) electrons. The molecule has 0 atom stereocenters. The molecule has 0 aliphatic carbocycles. The van der Waals surface area contributed by atoms with Crippen LogP contribution in [0.4, 0.5) is 0 Å². The van der Waals surface area contributed by atoms with Crippen molar-refractivity contribution in [1.82, 2.24) is 25.2 Å². The van der Waals surface area contributed by atoms with Crippen LogP contribution in [0.15, 0.2) is 35.1 Å². The Morgan fingerprint density at radius 1 is 1.32 bits per heavy atom. The summed E-state index contributed by atoms with van der Waals surface area (Å²) >= 11 is 0. The number of H-pyrrole nitrogens is 1. The molecule has 0 aliphatic rings. The van der Waals surface area contributed by atoms with Gasteiger partial charge in [0.1, 0.15) is 0 Å². The van der Waals surface area contributed by atoms with Gasteiger partial charge >= 0.3 is 0 Å². The second kappa shape index (κ2) is 4.52. The Balaban J connectivity index is 2.06. The van der Waals surface area contributed by atoms with Crippen LogP contribution in [-0.4, -0.2) is 32.3 Å². The van der Waals surface area contributed by atoms with Crippen molar-refractivity contribution >= 4 is 11.0 Å². The van der Waals surface area contributed by atoms with Crippen molar-refractivity contribution in [3.8, 4) is 5.88 Å². The van der Waals surface area contributed by atoms with E-state index in [0.717, 1.165) is 5.56 Å². The van der Waals surface area contributed by atoms with Gasteiger partial charge in [-0.1, -0.05) is 35.5 Å². The molecule has 2 heterocycles. The maximum absolute atomic E-state index is 12.2. The summed E-state index contributed by atoms with van der Waals surface area (Å²) in [4.78, 5) is 12.2. The smallest absolute Gasteiger partial charge is 0.296 e. The molecule has 0 saturated heterocycles. The lowest BCUT2D eigenvalue weighted by Crippen LogP contribution is -2.24. The van der Waals surface area contributed by atoms with Gasteiger partial charge < -0.3 is 4.74 Å². The van der Waals surface area contributed by atoms with Gasteiger partial charge in [0.05, 0.1) is 13.7 Å². The summed E-state index contributed by atoms with van der Waals surface area (Å²) in [6.45, 7) is 0.365. The third kappa shape index (κ3) is 1.95. The van der Waals surface area contributed by atoms with E-state index in [2.05, 4.69) is 20.5 Å². The fourth-order valence-corrected chi connectivity index (χ4v) is 1.83. The standard InChI is InChI=1S/C12H11N5O2/c1-19-11-9-10(13-15-11)12(18)17(16-14-9)7-8-5-3-2-4-6-8/h2-6H,7H2,1H3,(H,13,15). The highest BCUT2D eigenvalue weighted by molar-refractivity contribution is 5.77. The minimum Gasteiger partial charge on any atom is -0.478 e. The van der Waals surface area contributed by atoms with E-state index in [4.69, 9.17) is 4.74 Å². The Bertz CT molecular complexity index is 763. The maximum atomic E-state index is 12.2. The number of aromatic amines is 1. The molecule has 0 aliphatic heterocycles. The predicted octanol–water partition coefficient (Wildman–Crippen LogP) is 0.571. The van der Waals surface area contributed by atoms with Crippen molar-refractivity contribution in [3.05, 3.63) is 46.2 Å². The van der Waals surface area contributed by atoms with E-state index in [1.165, 1.54) is 11.8 Å². The van der Waals surface area contributed by atoms with Crippen molar-refractivity contribution in [2.45, 2.75) is 6.54 Å². The molecule has 0 fully saturated rings. The monoisotopic (exact) mass is 257 g/mol. The van der Waals surface area contributed by atoms with Crippen molar-refractivity contribution in [3.63, 3.8) is 0 Å². The average Bonchev–Trinajstić information content (AvgIpc) is 2.87. The first-order chi connectivity index (χ1) is 9.29. The number of nitrogens with one attached hydrogen (secondary N) is 1. The van der Waals surface area contributed by atoms with E-state index in [0.29, 0.717) is 17.6 Å². The SMILES string of the molecule is COc1n[nH]c2c(=O)n(Cc3ccccc3)nnc12. The first-order valence-electron chi connectivity index (χ1n) is 5.69. The molecule has 7 heteroatoms. The van der Waals surface area contributed by atoms with Crippen molar-refractivity contribution in [2.24, 2.45) is 0 Å². The summed E-state index contributed by atoms with van der Waals surface area (Å²) in [6, 6.07) is 9.58. The molecule has 19 heavy (non-hydrogen) atoms. The van der Waals surface area contributed by atoms with Gasteiger partial charge in [0.15, 0.2) is 11.0 Å². The molecule has 3 aromatic rings. The highest BCUT2D eigenvalue weighted by atomic mass is 16.5. The van der Waals surface area contributed by atoms with Gasteiger partial charge in [-0.2, -0.15) is 0 Å². The molecule has 7 nitrogen and oxygen atoms in total. The largest absolute Gasteiger partial charge is 0.478 e. The molecule has 3 rings (SSSR count). The summed E-state index contributed by atoms with van der Waals surface area (Å²) in [5, 5.41) is 14.3. The minimum absolute atomic E-state index is 0.270. The molecular formula is C12H11N5O2. The van der Waals surface area contributed by atoms with Crippen LogP contribution in [0.25, 0.3) is 11.0 Å². The summed E-state index contributed by atoms with van der Waals surface area (Å²) in [5.41, 5.74) is 1.34. The molecule has 0 bridgehead atoms. The fraction of sp³-hybridized carbons (Fsp3) is 0.167. The van der Waals surface area contributed by atoms with Crippen LogP contribution in [0.2, 0.25) is 0 Å². The zero-order valence-corrected chi connectivity index (χ0v) is 10.2. The Morgan fingerprint density at radius 3 is 2.84 bits per heavy atom. The van der Waals surface area contributed by atoms with Gasteiger partial charge in [-0.05, 0) is 5.56 Å². The lowest BCUT2D eigenvalue weighted by atomic mass is 10.2. The first-order valence-corrected chi connectivity index (χ1v) is 5.69. The normalized spacial score (nSPS) is 10.8. The number of hydrogen-bond donors (Lipinski definition) is 1. The molecule has 0 unspecified atom stereocenters. The topological polar surface area (TPSA) is 85.7 Å². The third-order valence-corrected chi connectivity index (χ3v) is 2.78. The number of fused-ring (bicyclic) bond motifs is 1. The third-order valence-electron chi connectivity index (χ3n) is 2.78. The summed E-state index contributed by atoms with van der Waals surface area (Å²) < 4.78 is 6.27. The minimum atomic E-state index is -0.273. The van der Waals surface area contributed by atoms with Crippen LogP contribution < -0.4 is 10.3 Å². The fourth-order valence-electron chi connectivity index (χ4n) is 1.83. The summed E-state index contributed by atoms with van der Waals surface area (Å²) in [6.07, 6.45) is 0. The highest BCUT2D eigenvalue weighted by Gasteiger charge is 2.13. The Labute approximate surface area is 107 Å². The van der Waals surface area contributed by atoms with E-state index in [9.17, 15) is 4.79 Å². The van der Waals surface area contributed by atoms with Crippen molar-refractivity contribution < 1.29 is 4.74 Å². The second-order valence-electron chi connectivity index (χ2n) is 3.99. The number of ether oxygens (including phenoxy) is 1.